The second-order valence-corrected chi connectivity index (χ2v) is 7.67. The lowest BCUT2D eigenvalue weighted by atomic mass is 10.0. The number of carbonyl (C=O) groups excluding carboxylic acids is 1. The quantitative estimate of drug-likeness (QED) is 0.430. The minimum absolute atomic E-state index is 0.244. The summed E-state index contributed by atoms with van der Waals surface area (Å²) in [4.78, 5) is 26.2. The molecule has 4 rings (SSSR count). The maximum atomic E-state index is 13.1. The van der Waals surface area contributed by atoms with Crippen molar-refractivity contribution in [2.45, 2.75) is 6.92 Å². The molecule has 154 valence electrons. The topological polar surface area (TPSA) is 64.0 Å². The van der Waals surface area contributed by atoms with E-state index in [9.17, 15) is 9.59 Å². The lowest BCUT2D eigenvalue weighted by Gasteiger charge is -2.18. The predicted molar refractivity (Wildman–Crippen MR) is 124 cm³/mol. The van der Waals surface area contributed by atoms with E-state index in [1.54, 1.807) is 55.5 Å². The number of amides is 1. The van der Waals surface area contributed by atoms with Crippen molar-refractivity contribution in [2.75, 3.05) is 5.32 Å². The Labute approximate surface area is 188 Å². The predicted octanol–water partition coefficient (Wildman–Crippen LogP) is 5.77. The number of hydrogen-bond acceptors (Lipinski definition) is 3. The molecule has 0 radical (unpaired) electrons. The Morgan fingerprint density at radius 2 is 1.55 bits per heavy atom. The van der Waals surface area contributed by atoms with Gasteiger partial charge < -0.3 is 5.32 Å². The van der Waals surface area contributed by atoms with Gasteiger partial charge in [-0.1, -0.05) is 65.7 Å². The van der Waals surface area contributed by atoms with E-state index < -0.39 is 5.91 Å². The molecule has 0 aliphatic heterocycles. The zero-order chi connectivity index (χ0) is 22.0. The highest BCUT2D eigenvalue weighted by molar-refractivity contribution is 6.34. The van der Waals surface area contributed by atoms with Gasteiger partial charge in [0.2, 0.25) is 5.43 Å². The van der Waals surface area contributed by atoms with E-state index in [0.29, 0.717) is 38.1 Å². The van der Waals surface area contributed by atoms with Gasteiger partial charge >= 0.3 is 0 Å². The van der Waals surface area contributed by atoms with E-state index in [0.717, 1.165) is 0 Å². The number of carbonyl (C=O) groups is 1. The highest BCUT2D eigenvalue weighted by atomic mass is 35.5. The number of aromatic nitrogens is 2. The van der Waals surface area contributed by atoms with Crippen molar-refractivity contribution in [3.05, 3.63) is 110 Å². The van der Waals surface area contributed by atoms with Gasteiger partial charge in [0.25, 0.3) is 5.91 Å². The molecule has 0 saturated carbocycles. The van der Waals surface area contributed by atoms with Crippen LogP contribution in [-0.4, -0.2) is 15.7 Å². The Bertz CT molecular complexity index is 1320. The number of benzene rings is 3. The van der Waals surface area contributed by atoms with Crippen LogP contribution in [0.5, 0.6) is 0 Å². The summed E-state index contributed by atoms with van der Waals surface area (Å²) in [5, 5.41) is 8.17. The van der Waals surface area contributed by atoms with Crippen LogP contribution in [0.4, 0.5) is 5.82 Å². The first-order valence-corrected chi connectivity index (χ1v) is 10.2. The van der Waals surface area contributed by atoms with Crippen LogP contribution in [0.15, 0.2) is 83.7 Å². The number of rotatable bonds is 4. The molecule has 7 heteroatoms. The SMILES string of the molecule is Cc1nn(-c2ccc(Cl)cc2)c(NC(=O)c2ccccc2Cl)c(-c2ccccc2)c1=O. The van der Waals surface area contributed by atoms with Crippen LogP contribution in [0.1, 0.15) is 16.1 Å². The molecule has 3 aromatic carbocycles. The standard InChI is InChI=1S/C24H17Cl2N3O2/c1-15-22(30)21(16-7-3-2-4-8-16)23(27-24(31)19-9-5-6-10-20(19)26)29(28-15)18-13-11-17(25)12-14-18/h2-14H,1H3,(H,27,31). The molecular formula is C24H17Cl2N3O2. The highest BCUT2D eigenvalue weighted by Crippen LogP contribution is 2.28. The number of nitrogens with one attached hydrogen (secondary N) is 1. The lowest BCUT2D eigenvalue weighted by molar-refractivity contribution is 0.102. The number of hydrogen-bond donors (Lipinski definition) is 1. The van der Waals surface area contributed by atoms with Crippen LogP contribution < -0.4 is 10.7 Å². The van der Waals surface area contributed by atoms with Gasteiger partial charge in [0.1, 0.15) is 11.5 Å². The third-order valence-corrected chi connectivity index (χ3v) is 5.32. The Kier molecular flexibility index (Phi) is 5.89. The van der Waals surface area contributed by atoms with Crippen molar-refractivity contribution in [1.29, 1.82) is 0 Å². The van der Waals surface area contributed by atoms with E-state index in [1.165, 1.54) is 4.68 Å². The molecule has 0 aliphatic rings. The molecule has 0 bridgehead atoms. The molecule has 1 amide bonds. The summed E-state index contributed by atoms with van der Waals surface area (Å²) in [6, 6.07) is 22.8. The molecule has 0 atom stereocenters. The van der Waals surface area contributed by atoms with Crippen LogP contribution >= 0.6 is 23.2 Å². The fourth-order valence-corrected chi connectivity index (χ4v) is 3.56. The van der Waals surface area contributed by atoms with Crippen LogP contribution in [0.25, 0.3) is 16.8 Å². The first kappa shape index (κ1) is 20.8. The molecule has 4 aromatic rings. The molecule has 1 N–H and O–H groups in total. The third-order valence-electron chi connectivity index (χ3n) is 4.74. The summed E-state index contributed by atoms with van der Waals surface area (Å²) in [6.45, 7) is 1.64. The van der Waals surface area contributed by atoms with Crippen LogP contribution in [0.2, 0.25) is 10.0 Å². The molecule has 1 aromatic heterocycles. The van der Waals surface area contributed by atoms with Crippen molar-refractivity contribution in [3.8, 4) is 16.8 Å². The number of halogens is 2. The van der Waals surface area contributed by atoms with Gasteiger partial charge in [-0.15, -0.1) is 0 Å². The van der Waals surface area contributed by atoms with Crippen molar-refractivity contribution < 1.29 is 4.79 Å². The summed E-state index contributed by atoms with van der Waals surface area (Å²) in [5.41, 5.74) is 1.95. The maximum Gasteiger partial charge on any atom is 0.258 e. The Balaban J connectivity index is 1.97. The zero-order valence-corrected chi connectivity index (χ0v) is 18.0. The first-order chi connectivity index (χ1) is 15.0. The normalized spacial score (nSPS) is 10.7. The smallest absolute Gasteiger partial charge is 0.258 e. The fourth-order valence-electron chi connectivity index (χ4n) is 3.22. The molecule has 1 heterocycles. The molecule has 0 fully saturated rings. The van der Waals surface area contributed by atoms with Crippen LogP contribution in [-0.2, 0) is 0 Å². The molecule has 0 saturated heterocycles. The second kappa shape index (κ2) is 8.76. The summed E-state index contributed by atoms with van der Waals surface area (Å²) < 4.78 is 1.53. The average molecular weight is 450 g/mol. The summed E-state index contributed by atoms with van der Waals surface area (Å²) in [7, 11) is 0. The van der Waals surface area contributed by atoms with Gasteiger partial charge in [-0.05, 0) is 48.9 Å². The van der Waals surface area contributed by atoms with Gasteiger partial charge in [0, 0.05) is 5.02 Å². The van der Waals surface area contributed by atoms with Crippen molar-refractivity contribution in [2.24, 2.45) is 0 Å². The fraction of sp³-hybridized carbons (Fsp3) is 0.0417. The highest BCUT2D eigenvalue weighted by Gasteiger charge is 2.21. The van der Waals surface area contributed by atoms with Gasteiger partial charge in [-0.3, -0.25) is 9.59 Å². The zero-order valence-electron chi connectivity index (χ0n) is 16.5. The van der Waals surface area contributed by atoms with Gasteiger partial charge in [0.05, 0.1) is 21.8 Å². The summed E-state index contributed by atoms with van der Waals surface area (Å²) >= 11 is 12.3. The molecule has 0 unspecified atom stereocenters. The van der Waals surface area contributed by atoms with Crippen molar-refractivity contribution in [1.82, 2.24) is 9.78 Å². The van der Waals surface area contributed by atoms with Gasteiger partial charge in [-0.25, -0.2) is 4.68 Å². The minimum Gasteiger partial charge on any atom is -0.306 e. The Hall–Kier alpha value is -3.41. The van der Waals surface area contributed by atoms with E-state index in [2.05, 4.69) is 10.4 Å². The Morgan fingerprint density at radius 1 is 0.903 bits per heavy atom. The largest absolute Gasteiger partial charge is 0.306 e. The monoisotopic (exact) mass is 449 g/mol. The molecule has 0 aliphatic carbocycles. The van der Waals surface area contributed by atoms with E-state index in [1.807, 2.05) is 30.3 Å². The lowest BCUT2D eigenvalue weighted by Crippen LogP contribution is -2.25. The molecule has 31 heavy (non-hydrogen) atoms. The third kappa shape index (κ3) is 4.24. The van der Waals surface area contributed by atoms with Gasteiger partial charge in [-0.2, -0.15) is 5.10 Å². The molecular weight excluding hydrogens is 433 g/mol. The number of anilines is 1. The average Bonchev–Trinajstić information content (AvgIpc) is 2.78. The summed E-state index contributed by atoms with van der Waals surface area (Å²) in [5.74, 6) is -0.204. The number of aryl methyl sites for hydroxylation is 1. The van der Waals surface area contributed by atoms with Crippen LogP contribution in [0, 0.1) is 6.92 Å². The van der Waals surface area contributed by atoms with E-state index in [4.69, 9.17) is 23.2 Å². The minimum atomic E-state index is -0.449. The first-order valence-electron chi connectivity index (χ1n) is 9.47. The van der Waals surface area contributed by atoms with E-state index in [-0.39, 0.29) is 11.2 Å². The van der Waals surface area contributed by atoms with Crippen LogP contribution in [0.3, 0.4) is 0 Å². The van der Waals surface area contributed by atoms with E-state index >= 15 is 0 Å². The van der Waals surface area contributed by atoms with Gasteiger partial charge in [0.15, 0.2) is 0 Å². The maximum absolute atomic E-state index is 13.1. The number of nitrogens with zero attached hydrogens (tertiary/aromatic N) is 2. The Morgan fingerprint density at radius 3 is 2.23 bits per heavy atom. The van der Waals surface area contributed by atoms with Crippen molar-refractivity contribution in [3.63, 3.8) is 0 Å². The van der Waals surface area contributed by atoms with Crippen molar-refractivity contribution >= 4 is 34.9 Å². The molecule has 0 spiro atoms. The summed E-state index contributed by atoms with van der Waals surface area (Å²) in [6.07, 6.45) is 0. The second-order valence-electron chi connectivity index (χ2n) is 6.83. The molecule has 5 nitrogen and oxygen atoms in total.